The van der Waals surface area contributed by atoms with Crippen LogP contribution in [0.3, 0.4) is 0 Å². The molecule has 1 aromatic rings. The van der Waals surface area contributed by atoms with E-state index in [-0.39, 0.29) is 0 Å². The summed E-state index contributed by atoms with van der Waals surface area (Å²) >= 11 is 0. The Kier molecular flexibility index (Phi) is 5.64. The molecule has 0 saturated carbocycles. The zero-order valence-electron chi connectivity index (χ0n) is 12.4. The van der Waals surface area contributed by atoms with Crippen molar-refractivity contribution >= 4 is 5.82 Å². The molecule has 0 bridgehead atoms. The van der Waals surface area contributed by atoms with Crippen molar-refractivity contribution in [3.63, 3.8) is 0 Å². The van der Waals surface area contributed by atoms with Crippen LogP contribution in [0, 0.1) is 5.92 Å². The van der Waals surface area contributed by atoms with Gasteiger partial charge in [0, 0.05) is 25.8 Å². The van der Waals surface area contributed by atoms with Gasteiger partial charge in [0.05, 0.1) is 0 Å². The van der Waals surface area contributed by atoms with Gasteiger partial charge in [-0.2, -0.15) is 0 Å². The van der Waals surface area contributed by atoms with Gasteiger partial charge in [-0.05, 0) is 49.8 Å². The van der Waals surface area contributed by atoms with E-state index in [1.165, 1.54) is 31.2 Å². The van der Waals surface area contributed by atoms with Crippen molar-refractivity contribution in [2.75, 3.05) is 24.5 Å². The summed E-state index contributed by atoms with van der Waals surface area (Å²) in [6.07, 6.45) is 7.14. The molecule has 1 atom stereocenters. The minimum absolute atomic E-state index is 0.863. The van der Waals surface area contributed by atoms with Crippen LogP contribution in [-0.4, -0.2) is 24.6 Å². The van der Waals surface area contributed by atoms with E-state index in [1.807, 2.05) is 6.20 Å². The topological polar surface area (TPSA) is 28.2 Å². The van der Waals surface area contributed by atoms with Crippen molar-refractivity contribution < 1.29 is 0 Å². The van der Waals surface area contributed by atoms with Gasteiger partial charge < -0.3 is 10.2 Å². The van der Waals surface area contributed by atoms with E-state index in [0.717, 1.165) is 37.9 Å². The molecule has 3 nitrogen and oxygen atoms in total. The Bertz CT molecular complexity index is 361. The molecule has 0 radical (unpaired) electrons. The molecule has 2 heterocycles. The van der Waals surface area contributed by atoms with Crippen molar-refractivity contribution in [1.29, 1.82) is 0 Å². The lowest BCUT2D eigenvalue weighted by Crippen LogP contribution is -2.25. The first-order valence-electron chi connectivity index (χ1n) is 7.70. The lowest BCUT2D eigenvalue weighted by atomic mass is 10.0. The van der Waals surface area contributed by atoms with E-state index in [1.54, 1.807) is 0 Å². The first kappa shape index (κ1) is 14.3. The number of aromatic nitrogens is 1. The summed E-state index contributed by atoms with van der Waals surface area (Å²) in [4.78, 5) is 7.07. The fourth-order valence-corrected chi connectivity index (χ4v) is 2.61. The summed E-state index contributed by atoms with van der Waals surface area (Å²) in [5, 5.41) is 3.41. The highest BCUT2D eigenvalue weighted by molar-refractivity contribution is 5.39. The van der Waals surface area contributed by atoms with Crippen molar-refractivity contribution in [2.24, 2.45) is 5.92 Å². The molecule has 0 aromatic carbocycles. The maximum atomic E-state index is 4.63. The fraction of sp³-hybridized carbons (Fsp3) is 0.688. The van der Waals surface area contributed by atoms with Crippen LogP contribution in [0.2, 0.25) is 0 Å². The molecular weight excluding hydrogens is 234 g/mol. The summed E-state index contributed by atoms with van der Waals surface area (Å²) in [6.45, 7) is 8.87. The average Bonchev–Trinajstić information content (AvgIpc) is 2.65. The Balaban J connectivity index is 1.90. The molecule has 1 aliphatic heterocycles. The van der Waals surface area contributed by atoms with Gasteiger partial charge in [0.15, 0.2) is 0 Å². The summed E-state index contributed by atoms with van der Waals surface area (Å²) in [6, 6.07) is 4.39. The predicted octanol–water partition coefficient (Wildman–Crippen LogP) is 3.21. The van der Waals surface area contributed by atoms with Crippen LogP contribution in [-0.2, 0) is 6.54 Å². The summed E-state index contributed by atoms with van der Waals surface area (Å²) in [5.41, 5.74) is 1.28. The number of pyridine rings is 1. The molecule has 0 aliphatic carbocycles. The molecule has 2 rings (SSSR count). The number of anilines is 1. The van der Waals surface area contributed by atoms with Gasteiger partial charge in [0.1, 0.15) is 5.82 Å². The lowest BCUT2D eigenvalue weighted by Gasteiger charge is -2.21. The van der Waals surface area contributed by atoms with Crippen molar-refractivity contribution in [3.05, 3.63) is 23.9 Å². The summed E-state index contributed by atoms with van der Waals surface area (Å²) < 4.78 is 0. The second-order valence-corrected chi connectivity index (χ2v) is 5.72. The maximum Gasteiger partial charge on any atom is 0.128 e. The van der Waals surface area contributed by atoms with Gasteiger partial charge in [-0.15, -0.1) is 0 Å². The SMILES string of the molecule is CCCNCc1ccc(N2CCCC(C)CC2)nc1. The van der Waals surface area contributed by atoms with Crippen molar-refractivity contribution in [1.82, 2.24) is 10.3 Å². The largest absolute Gasteiger partial charge is 0.357 e. The first-order chi connectivity index (χ1) is 9.29. The van der Waals surface area contributed by atoms with Crippen LogP contribution in [0.4, 0.5) is 5.82 Å². The zero-order valence-corrected chi connectivity index (χ0v) is 12.4. The number of hydrogen-bond acceptors (Lipinski definition) is 3. The van der Waals surface area contributed by atoms with Crippen LogP contribution in [0.1, 0.15) is 45.1 Å². The van der Waals surface area contributed by atoms with E-state index in [2.05, 4.69) is 41.2 Å². The molecule has 1 fully saturated rings. The van der Waals surface area contributed by atoms with E-state index in [0.29, 0.717) is 0 Å². The molecule has 1 N–H and O–H groups in total. The molecule has 3 heteroatoms. The van der Waals surface area contributed by atoms with E-state index < -0.39 is 0 Å². The number of nitrogens with zero attached hydrogens (tertiary/aromatic N) is 2. The number of nitrogens with one attached hydrogen (secondary N) is 1. The number of rotatable bonds is 5. The Labute approximate surface area is 117 Å². The predicted molar refractivity (Wildman–Crippen MR) is 81.5 cm³/mol. The quantitative estimate of drug-likeness (QED) is 0.825. The molecule has 0 spiro atoms. The smallest absolute Gasteiger partial charge is 0.128 e. The van der Waals surface area contributed by atoms with E-state index in [9.17, 15) is 0 Å². The van der Waals surface area contributed by atoms with Crippen LogP contribution in [0.25, 0.3) is 0 Å². The second-order valence-electron chi connectivity index (χ2n) is 5.72. The van der Waals surface area contributed by atoms with Gasteiger partial charge in [-0.1, -0.05) is 19.9 Å². The van der Waals surface area contributed by atoms with Gasteiger partial charge in [0.25, 0.3) is 0 Å². The van der Waals surface area contributed by atoms with Crippen molar-refractivity contribution in [3.8, 4) is 0 Å². The monoisotopic (exact) mass is 261 g/mol. The highest BCUT2D eigenvalue weighted by atomic mass is 15.2. The Hall–Kier alpha value is -1.09. The van der Waals surface area contributed by atoms with E-state index >= 15 is 0 Å². The standard InChI is InChI=1S/C16H27N3/c1-3-9-17-12-15-6-7-16(18-13-15)19-10-4-5-14(2)8-11-19/h6-7,13-14,17H,3-5,8-12H2,1-2H3. The van der Waals surface area contributed by atoms with Gasteiger partial charge in [-0.25, -0.2) is 4.98 Å². The first-order valence-corrected chi connectivity index (χ1v) is 7.70. The minimum Gasteiger partial charge on any atom is -0.357 e. The maximum absolute atomic E-state index is 4.63. The third-order valence-corrected chi connectivity index (χ3v) is 3.91. The molecule has 106 valence electrons. The summed E-state index contributed by atoms with van der Waals surface area (Å²) in [5.74, 6) is 2.01. The highest BCUT2D eigenvalue weighted by Crippen LogP contribution is 2.20. The van der Waals surface area contributed by atoms with Crippen molar-refractivity contribution in [2.45, 2.75) is 46.1 Å². The number of hydrogen-bond donors (Lipinski definition) is 1. The van der Waals surface area contributed by atoms with Crippen LogP contribution >= 0.6 is 0 Å². The molecule has 1 aromatic heterocycles. The normalized spacial score (nSPS) is 20.3. The third-order valence-electron chi connectivity index (χ3n) is 3.91. The fourth-order valence-electron chi connectivity index (χ4n) is 2.61. The molecule has 1 unspecified atom stereocenters. The average molecular weight is 261 g/mol. The van der Waals surface area contributed by atoms with Gasteiger partial charge in [-0.3, -0.25) is 0 Å². The van der Waals surface area contributed by atoms with Crippen LogP contribution in [0.15, 0.2) is 18.3 Å². The minimum atomic E-state index is 0.863. The molecular formula is C16H27N3. The lowest BCUT2D eigenvalue weighted by molar-refractivity contribution is 0.521. The molecule has 19 heavy (non-hydrogen) atoms. The third kappa shape index (κ3) is 4.50. The zero-order chi connectivity index (χ0) is 13.5. The Morgan fingerprint density at radius 2 is 2.21 bits per heavy atom. The highest BCUT2D eigenvalue weighted by Gasteiger charge is 2.14. The molecule has 1 saturated heterocycles. The van der Waals surface area contributed by atoms with Crippen LogP contribution in [0.5, 0.6) is 0 Å². The summed E-state index contributed by atoms with van der Waals surface area (Å²) in [7, 11) is 0. The molecule has 0 amide bonds. The molecule has 1 aliphatic rings. The van der Waals surface area contributed by atoms with Gasteiger partial charge in [0.2, 0.25) is 0 Å². The van der Waals surface area contributed by atoms with Gasteiger partial charge >= 0.3 is 0 Å². The Morgan fingerprint density at radius 1 is 1.32 bits per heavy atom. The van der Waals surface area contributed by atoms with Crippen LogP contribution < -0.4 is 10.2 Å². The Morgan fingerprint density at radius 3 is 2.95 bits per heavy atom. The van der Waals surface area contributed by atoms with E-state index in [4.69, 9.17) is 0 Å². The second kappa shape index (κ2) is 7.49.